The van der Waals surface area contributed by atoms with E-state index in [4.69, 9.17) is 9.47 Å². The molecular formula is C18H32N2O8S2. The molecule has 0 radical (unpaired) electrons. The molecule has 0 aromatic rings. The zero-order chi connectivity index (χ0) is 23.5. The summed E-state index contributed by atoms with van der Waals surface area (Å²) in [6, 6.07) is -2.18. The number of aliphatic carboxylic acids is 2. The van der Waals surface area contributed by atoms with Gasteiger partial charge in [-0.3, -0.25) is 0 Å². The van der Waals surface area contributed by atoms with Gasteiger partial charge in [0.05, 0.1) is 0 Å². The van der Waals surface area contributed by atoms with E-state index in [2.05, 4.69) is 10.6 Å². The van der Waals surface area contributed by atoms with Gasteiger partial charge in [0.15, 0.2) is 0 Å². The lowest BCUT2D eigenvalue weighted by molar-refractivity contribution is -0.140. The molecule has 4 N–H and O–H groups in total. The summed E-state index contributed by atoms with van der Waals surface area (Å²) in [5.41, 5.74) is -1.46. The molecule has 2 atom stereocenters. The quantitative estimate of drug-likeness (QED) is 0.263. The van der Waals surface area contributed by atoms with Gasteiger partial charge in [-0.2, -0.15) is 0 Å². The van der Waals surface area contributed by atoms with Gasteiger partial charge >= 0.3 is 24.1 Å². The van der Waals surface area contributed by atoms with E-state index in [1.165, 1.54) is 21.6 Å². The highest BCUT2D eigenvalue weighted by atomic mass is 33.1. The molecule has 12 heteroatoms. The van der Waals surface area contributed by atoms with Gasteiger partial charge in [-0.1, -0.05) is 21.6 Å². The number of hydrogen-bond donors (Lipinski definition) is 4. The number of hydrogen-bond acceptors (Lipinski definition) is 8. The fourth-order valence-electron chi connectivity index (χ4n) is 1.86. The number of rotatable bonds is 11. The molecule has 2 unspecified atom stereocenters. The number of ether oxygens (including phenoxy) is 2. The Hall–Kier alpha value is -1.82. The van der Waals surface area contributed by atoms with Crippen molar-refractivity contribution in [3.63, 3.8) is 0 Å². The highest BCUT2D eigenvalue weighted by Crippen LogP contribution is 2.24. The smallest absolute Gasteiger partial charge is 0.408 e. The molecule has 10 nitrogen and oxygen atoms in total. The highest BCUT2D eigenvalue weighted by Gasteiger charge is 2.25. The number of carboxylic acids is 2. The Kier molecular flexibility index (Phi) is 12.0. The van der Waals surface area contributed by atoms with Crippen LogP contribution in [0.4, 0.5) is 9.59 Å². The van der Waals surface area contributed by atoms with Gasteiger partial charge in [0.1, 0.15) is 23.3 Å². The normalized spacial score (nSPS) is 13.7. The minimum atomic E-state index is -1.17. The van der Waals surface area contributed by atoms with Crippen molar-refractivity contribution in [3.8, 4) is 0 Å². The van der Waals surface area contributed by atoms with Gasteiger partial charge < -0.3 is 30.3 Å². The van der Waals surface area contributed by atoms with E-state index in [0.29, 0.717) is 11.5 Å². The first-order valence-corrected chi connectivity index (χ1v) is 11.8. The Morgan fingerprint density at radius 2 is 1.03 bits per heavy atom. The molecule has 0 aliphatic rings. The summed E-state index contributed by atoms with van der Waals surface area (Å²) in [5.74, 6) is -1.51. The second-order valence-electron chi connectivity index (χ2n) is 8.30. The molecule has 0 saturated heterocycles. The van der Waals surface area contributed by atoms with Crippen LogP contribution in [0.15, 0.2) is 0 Å². The van der Waals surface area contributed by atoms with Crippen molar-refractivity contribution in [3.05, 3.63) is 0 Å². The summed E-state index contributed by atoms with van der Waals surface area (Å²) in [5, 5.41) is 23.1. The van der Waals surface area contributed by atoms with Crippen molar-refractivity contribution in [1.29, 1.82) is 0 Å². The van der Waals surface area contributed by atoms with Crippen molar-refractivity contribution >= 4 is 45.7 Å². The molecule has 0 aliphatic carbocycles. The Labute approximate surface area is 184 Å². The van der Waals surface area contributed by atoms with Crippen LogP contribution in [0.1, 0.15) is 54.4 Å². The van der Waals surface area contributed by atoms with Crippen molar-refractivity contribution in [2.24, 2.45) is 0 Å². The third-order valence-electron chi connectivity index (χ3n) is 3.04. The lowest BCUT2D eigenvalue weighted by Gasteiger charge is -2.22. The minimum Gasteiger partial charge on any atom is -0.480 e. The molecule has 0 aliphatic heterocycles. The van der Waals surface area contributed by atoms with E-state index >= 15 is 0 Å². The van der Waals surface area contributed by atoms with E-state index in [0.717, 1.165) is 0 Å². The second kappa shape index (κ2) is 12.8. The van der Waals surface area contributed by atoms with Gasteiger partial charge in [0.25, 0.3) is 0 Å². The second-order valence-corrected chi connectivity index (χ2v) is 11.0. The third kappa shape index (κ3) is 15.1. The van der Waals surface area contributed by atoms with Crippen molar-refractivity contribution in [2.75, 3.05) is 11.5 Å². The van der Waals surface area contributed by atoms with Crippen molar-refractivity contribution < 1.29 is 38.9 Å². The Bertz CT molecular complexity index is 550. The summed E-state index contributed by atoms with van der Waals surface area (Å²) >= 11 is 0. The SMILES string of the molecule is CC(C)(C)OC(=O)NC(CCSSCCC(NC(=O)OC(C)(C)C)C(=O)O)C(=O)O. The molecule has 0 spiro atoms. The lowest BCUT2D eigenvalue weighted by Crippen LogP contribution is -2.43. The van der Waals surface area contributed by atoms with E-state index in [1.54, 1.807) is 41.5 Å². The molecule has 0 fully saturated rings. The summed E-state index contributed by atoms with van der Waals surface area (Å²) in [4.78, 5) is 46.0. The van der Waals surface area contributed by atoms with E-state index < -0.39 is 47.4 Å². The maximum Gasteiger partial charge on any atom is 0.408 e. The predicted molar refractivity (Wildman–Crippen MR) is 116 cm³/mol. The zero-order valence-electron chi connectivity index (χ0n) is 18.1. The van der Waals surface area contributed by atoms with Gasteiger partial charge in [-0.15, -0.1) is 0 Å². The summed E-state index contributed by atoms with van der Waals surface area (Å²) in [6.45, 7) is 10.1. The average molecular weight is 469 g/mol. The van der Waals surface area contributed by atoms with Crippen LogP contribution in [0.3, 0.4) is 0 Å². The fraction of sp³-hybridized carbons (Fsp3) is 0.778. The van der Waals surface area contributed by atoms with Crippen LogP contribution >= 0.6 is 21.6 Å². The van der Waals surface area contributed by atoms with Crippen LogP contribution in [-0.4, -0.2) is 69.1 Å². The molecular weight excluding hydrogens is 436 g/mol. The fourth-order valence-corrected chi connectivity index (χ4v) is 4.05. The molecule has 0 saturated carbocycles. The summed E-state index contributed by atoms with van der Waals surface area (Å²) in [7, 11) is 2.69. The van der Waals surface area contributed by atoms with Gasteiger partial charge in [-0.25, -0.2) is 19.2 Å². The first kappa shape index (κ1) is 28.2. The maximum atomic E-state index is 11.7. The molecule has 2 amide bonds. The molecule has 30 heavy (non-hydrogen) atoms. The average Bonchev–Trinajstić information content (AvgIpc) is 2.51. The molecule has 0 rings (SSSR count). The summed E-state index contributed by atoms with van der Waals surface area (Å²) in [6.07, 6.45) is -1.26. The van der Waals surface area contributed by atoms with Gasteiger partial charge in [-0.05, 0) is 54.4 Å². The topological polar surface area (TPSA) is 151 Å². The van der Waals surface area contributed by atoms with Crippen LogP contribution in [0.2, 0.25) is 0 Å². The largest absolute Gasteiger partial charge is 0.480 e. The predicted octanol–water partition coefficient (Wildman–Crippen LogP) is 3.10. The van der Waals surface area contributed by atoms with Crippen LogP contribution in [-0.2, 0) is 19.1 Å². The monoisotopic (exact) mass is 468 g/mol. The molecule has 174 valence electrons. The van der Waals surface area contributed by atoms with Crippen LogP contribution < -0.4 is 10.6 Å². The first-order chi connectivity index (χ1) is 13.6. The minimum absolute atomic E-state index is 0.171. The number of nitrogens with one attached hydrogen (secondary N) is 2. The molecule has 0 aromatic carbocycles. The third-order valence-corrected chi connectivity index (χ3v) is 5.51. The van der Waals surface area contributed by atoms with Gasteiger partial charge in [0.2, 0.25) is 0 Å². The number of carbonyl (C=O) groups excluding carboxylic acids is 2. The van der Waals surface area contributed by atoms with Crippen LogP contribution in [0.25, 0.3) is 0 Å². The Balaban J connectivity index is 4.28. The Morgan fingerprint density at radius 3 is 1.27 bits per heavy atom. The van der Waals surface area contributed by atoms with E-state index in [1.807, 2.05) is 0 Å². The molecule has 0 bridgehead atoms. The highest BCUT2D eigenvalue weighted by molar-refractivity contribution is 8.76. The zero-order valence-corrected chi connectivity index (χ0v) is 19.8. The summed E-state index contributed by atoms with van der Waals surface area (Å²) < 4.78 is 10.1. The van der Waals surface area contributed by atoms with Crippen LogP contribution in [0, 0.1) is 0 Å². The molecule has 0 aromatic heterocycles. The number of carboxylic acid groups (broad SMARTS) is 2. The standard InChI is InChI=1S/C18H32N2O8S2/c1-17(2,3)27-15(25)19-11(13(21)22)7-9-29-30-10-8-12(14(23)24)20-16(26)28-18(4,5)6/h11-12H,7-10H2,1-6H3,(H,19,25)(H,20,26)(H,21,22)(H,23,24). The first-order valence-electron chi connectivity index (χ1n) is 9.30. The van der Waals surface area contributed by atoms with E-state index in [-0.39, 0.29) is 12.8 Å². The number of amides is 2. The van der Waals surface area contributed by atoms with E-state index in [9.17, 15) is 29.4 Å². The maximum absolute atomic E-state index is 11.7. The van der Waals surface area contributed by atoms with Crippen molar-refractivity contribution in [1.82, 2.24) is 10.6 Å². The number of carbonyl (C=O) groups is 4. The number of alkyl carbamates (subject to hydrolysis) is 2. The lowest BCUT2D eigenvalue weighted by atomic mass is 10.2. The van der Waals surface area contributed by atoms with Crippen molar-refractivity contribution in [2.45, 2.75) is 77.7 Å². The van der Waals surface area contributed by atoms with Gasteiger partial charge in [0, 0.05) is 11.5 Å². The molecule has 0 heterocycles. The van der Waals surface area contributed by atoms with Crippen LogP contribution in [0.5, 0.6) is 0 Å². The Morgan fingerprint density at radius 1 is 0.733 bits per heavy atom.